The maximum atomic E-state index is 13.3. The molecule has 156 valence electrons. The van der Waals surface area contributed by atoms with Crippen LogP contribution in [0.2, 0.25) is 5.28 Å². The zero-order valence-corrected chi connectivity index (χ0v) is 17.4. The first kappa shape index (κ1) is 19.1. The number of aromatic amines is 1. The fourth-order valence-corrected chi connectivity index (χ4v) is 4.63. The lowest BCUT2D eigenvalue weighted by molar-refractivity contribution is -0.136. The van der Waals surface area contributed by atoms with Gasteiger partial charge in [0.25, 0.3) is 0 Å². The highest BCUT2D eigenvalue weighted by Gasteiger charge is 2.32. The highest BCUT2D eigenvalue weighted by molar-refractivity contribution is 6.28. The minimum atomic E-state index is -0.0336. The van der Waals surface area contributed by atoms with Gasteiger partial charge in [0.15, 0.2) is 11.5 Å². The number of hydrogen-bond donors (Lipinski definition) is 1. The minimum Gasteiger partial charge on any atom is -0.368 e. The normalized spacial score (nSPS) is 20.0. The molecule has 0 radical (unpaired) electrons. The van der Waals surface area contributed by atoms with Crippen LogP contribution in [0.4, 0.5) is 11.5 Å². The van der Waals surface area contributed by atoms with E-state index >= 15 is 0 Å². The smallest absolute Gasteiger partial charge is 0.227 e. The van der Waals surface area contributed by atoms with Crippen LogP contribution in [0.3, 0.4) is 0 Å². The van der Waals surface area contributed by atoms with Gasteiger partial charge < -0.3 is 19.7 Å². The number of nitrogens with one attached hydrogen (secondary N) is 1. The first-order chi connectivity index (χ1) is 14.7. The van der Waals surface area contributed by atoms with Gasteiger partial charge in [-0.25, -0.2) is 4.98 Å². The molecule has 0 aliphatic carbocycles. The molecule has 2 fully saturated rings. The fourth-order valence-electron chi connectivity index (χ4n) is 4.47. The number of para-hydroxylation sites is 1. The molecule has 9 heteroatoms. The van der Waals surface area contributed by atoms with Gasteiger partial charge in [-0.2, -0.15) is 9.97 Å². The Morgan fingerprint density at radius 2 is 1.83 bits per heavy atom. The van der Waals surface area contributed by atoms with Gasteiger partial charge in [0.05, 0.1) is 12.2 Å². The molecule has 0 unspecified atom stereocenters. The number of fused-ring (bicyclic) bond motifs is 1. The van der Waals surface area contributed by atoms with Crippen molar-refractivity contribution in [2.45, 2.75) is 12.8 Å². The van der Waals surface area contributed by atoms with E-state index in [-0.39, 0.29) is 17.1 Å². The molecule has 4 heterocycles. The van der Waals surface area contributed by atoms with Crippen molar-refractivity contribution in [3.8, 4) is 0 Å². The summed E-state index contributed by atoms with van der Waals surface area (Å²) in [6.07, 6.45) is 3.44. The van der Waals surface area contributed by atoms with Crippen LogP contribution >= 0.6 is 11.6 Å². The van der Waals surface area contributed by atoms with E-state index in [9.17, 15) is 4.79 Å². The van der Waals surface area contributed by atoms with E-state index in [0.29, 0.717) is 12.2 Å². The maximum Gasteiger partial charge on any atom is 0.227 e. The minimum absolute atomic E-state index is 0.0336. The Balaban J connectivity index is 1.26. The average Bonchev–Trinajstić information content (AvgIpc) is 3.27. The van der Waals surface area contributed by atoms with Crippen LogP contribution in [-0.2, 0) is 4.79 Å². The molecule has 0 saturated carbocycles. The molecule has 1 aromatic carbocycles. The van der Waals surface area contributed by atoms with E-state index in [1.807, 2.05) is 11.0 Å². The van der Waals surface area contributed by atoms with E-state index in [1.54, 1.807) is 6.33 Å². The number of hydrogen-bond acceptors (Lipinski definition) is 6. The summed E-state index contributed by atoms with van der Waals surface area (Å²) >= 11 is 6.10. The van der Waals surface area contributed by atoms with E-state index < -0.39 is 0 Å². The number of carbonyl (C=O) groups is 1. The Labute approximate surface area is 179 Å². The topological polar surface area (TPSA) is 81.2 Å². The number of piperidine rings is 1. The van der Waals surface area contributed by atoms with Crippen molar-refractivity contribution in [2.24, 2.45) is 5.92 Å². The first-order valence-corrected chi connectivity index (χ1v) is 10.8. The van der Waals surface area contributed by atoms with Crippen LogP contribution in [0.25, 0.3) is 11.2 Å². The van der Waals surface area contributed by atoms with Crippen LogP contribution < -0.4 is 9.80 Å². The number of aromatic nitrogens is 4. The molecule has 2 aliphatic rings. The first-order valence-electron chi connectivity index (χ1n) is 10.4. The zero-order chi connectivity index (χ0) is 20.5. The fraction of sp³-hybridized carbons (Fsp3) is 0.429. The number of anilines is 2. The molecule has 1 amide bonds. The second kappa shape index (κ2) is 8.10. The summed E-state index contributed by atoms with van der Waals surface area (Å²) < 4.78 is 0. The average molecular weight is 426 g/mol. The number of carbonyl (C=O) groups excluding carboxylic acids is 1. The van der Waals surface area contributed by atoms with Crippen LogP contribution in [0, 0.1) is 5.92 Å². The molecule has 0 spiro atoms. The third-order valence-electron chi connectivity index (χ3n) is 6.02. The number of nitrogens with zero attached hydrogens (tertiary/aromatic N) is 6. The number of benzene rings is 1. The quantitative estimate of drug-likeness (QED) is 0.649. The second-order valence-electron chi connectivity index (χ2n) is 7.85. The highest BCUT2D eigenvalue weighted by atomic mass is 35.5. The molecule has 3 aromatic rings. The Bertz CT molecular complexity index is 1030. The van der Waals surface area contributed by atoms with Gasteiger partial charge in [0.2, 0.25) is 11.2 Å². The standard InChI is InChI=1S/C21H24ClN7O/c22-21-25-18-17(23-14-24-18)19(26-21)29-8-4-5-15(13-29)20(30)28-11-9-27(10-12-28)16-6-2-1-3-7-16/h1-3,6-7,14-15H,4-5,8-13H2,(H,23,24,25,26)/t15-/m0/s1. The Kier molecular flexibility index (Phi) is 5.16. The van der Waals surface area contributed by atoms with Crippen molar-refractivity contribution in [2.75, 3.05) is 49.1 Å². The second-order valence-corrected chi connectivity index (χ2v) is 8.19. The molecular weight excluding hydrogens is 402 g/mol. The van der Waals surface area contributed by atoms with Crippen molar-refractivity contribution in [1.29, 1.82) is 0 Å². The van der Waals surface area contributed by atoms with Crippen molar-refractivity contribution >= 4 is 40.2 Å². The van der Waals surface area contributed by atoms with E-state index in [1.165, 1.54) is 5.69 Å². The summed E-state index contributed by atoms with van der Waals surface area (Å²) in [4.78, 5) is 35.6. The molecule has 2 saturated heterocycles. The van der Waals surface area contributed by atoms with Crippen molar-refractivity contribution < 1.29 is 4.79 Å². The predicted molar refractivity (Wildman–Crippen MR) is 117 cm³/mol. The van der Waals surface area contributed by atoms with Gasteiger partial charge in [-0.05, 0) is 36.6 Å². The van der Waals surface area contributed by atoms with Gasteiger partial charge in [-0.3, -0.25) is 4.79 Å². The molecule has 2 aromatic heterocycles. The van der Waals surface area contributed by atoms with Gasteiger partial charge in [-0.1, -0.05) is 18.2 Å². The molecule has 30 heavy (non-hydrogen) atoms. The van der Waals surface area contributed by atoms with E-state index in [4.69, 9.17) is 11.6 Å². The largest absolute Gasteiger partial charge is 0.368 e. The van der Waals surface area contributed by atoms with Crippen molar-refractivity contribution in [1.82, 2.24) is 24.8 Å². The number of piperazine rings is 1. The zero-order valence-electron chi connectivity index (χ0n) is 16.7. The van der Waals surface area contributed by atoms with E-state index in [2.05, 4.69) is 54.0 Å². The lowest BCUT2D eigenvalue weighted by atomic mass is 9.96. The summed E-state index contributed by atoms with van der Waals surface area (Å²) in [6.45, 7) is 4.72. The number of rotatable bonds is 3. The molecule has 2 aliphatic heterocycles. The van der Waals surface area contributed by atoms with Crippen LogP contribution in [-0.4, -0.2) is 70.0 Å². The lowest BCUT2D eigenvalue weighted by Gasteiger charge is -2.40. The molecule has 8 nitrogen and oxygen atoms in total. The molecule has 1 N–H and O–H groups in total. The summed E-state index contributed by atoms with van der Waals surface area (Å²) in [7, 11) is 0. The van der Waals surface area contributed by atoms with Crippen LogP contribution in [0.15, 0.2) is 36.7 Å². The number of H-pyrrole nitrogens is 1. The van der Waals surface area contributed by atoms with Gasteiger partial charge in [0.1, 0.15) is 5.52 Å². The molecule has 5 rings (SSSR count). The summed E-state index contributed by atoms with van der Waals surface area (Å²) in [5, 5.41) is 0.176. The maximum absolute atomic E-state index is 13.3. The lowest BCUT2D eigenvalue weighted by Crippen LogP contribution is -2.52. The number of imidazole rings is 1. The van der Waals surface area contributed by atoms with Gasteiger partial charge in [0, 0.05) is 45.0 Å². The Morgan fingerprint density at radius 3 is 2.63 bits per heavy atom. The number of amides is 1. The summed E-state index contributed by atoms with van der Waals surface area (Å²) in [5.74, 6) is 0.941. The third-order valence-corrected chi connectivity index (χ3v) is 6.19. The van der Waals surface area contributed by atoms with Crippen LogP contribution in [0.5, 0.6) is 0 Å². The summed E-state index contributed by atoms with van der Waals surface area (Å²) in [5.41, 5.74) is 2.54. The van der Waals surface area contributed by atoms with Crippen molar-refractivity contribution in [3.63, 3.8) is 0 Å². The monoisotopic (exact) mass is 425 g/mol. The highest BCUT2D eigenvalue weighted by Crippen LogP contribution is 2.28. The Hall–Kier alpha value is -2.87. The SMILES string of the molecule is O=C([C@H]1CCCN(c2nc(Cl)nc3nc[nH]c23)C1)N1CCN(c2ccccc2)CC1. The molecule has 1 atom stereocenters. The van der Waals surface area contributed by atoms with Gasteiger partial charge in [-0.15, -0.1) is 0 Å². The molecule has 0 bridgehead atoms. The van der Waals surface area contributed by atoms with E-state index in [0.717, 1.165) is 56.9 Å². The Morgan fingerprint density at radius 1 is 1.03 bits per heavy atom. The number of halogens is 1. The molecular formula is C21H24ClN7O. The summed E-state index contributed by atoms with van der Waals surface area (Å²) in [6, 6.07) is 10.4. The predicted octanol–water partition coefficient (Wildman–Crippen LogP) is 2.57. The third kappa shape index (κ3) is 3.67. The van der Waals surface area contributed by atoms with Crippen LogP contribution in [0.1, 0.15) is 12.8 Å². The van der Waals surface area contributed by atoms with Crippen molar-refractivity contribution in [3.05, 3.63) is 41.9 Å². The van der Waals surface area contributed by atoms with Gasteiger partial charge >= 0.3 is 0 Å².